The summed E-state index contributed by atoms with van der Waals surface area (Å²) < 4.78 is 10.4. The minimum absolute atomic E-state index is 0.188. The molecule has 2 heterocycles. The minimum atomic E-state index is -0.550. The zero-order valence-corrected chi connectivity index (χ0v) is 19.5. The molecule has 8 nitrogen and oxygen atoms in total. The Morgan fingerprint density at radius 3 is 2.45 bits per heavy atom. The number of rotatable bonds is 6. The maximum absolute atomic E-state index is 13.0. The number of piperazine rings is 1. The summed E-state index contributed by atoms with van der Waals surface area (Å²) in [5, 5.41) is 3.57. The van der Waals surface area contributed by atoms with Gasteiger partial charge < -0.3 is 24.7 Å². The Labute approximate surface area is 193 Å². The molecule has 0 spiro atoms. The molecule has 2 aromatic carbocycles. The second-order valence-electron chi connectivity index (χ2n) is 8.28. The van der Waals surface area contributed by atoms with Gasteiger partial charge in [0.1, 0.15) is 11.4 Å². The van der Waals surface area contributed by atoms with E-state index in [1.165, 1.54) is 23.9 Å². The normalized spacial score (nSPS) is 14.4. The van der Waals surface area contributed by atoms with Gasteiger partial charge in [-0.3, -0.25) is 9.69 Å². The van der Waals surface area contributed by atoms with Crippen molar-refractivity contribution >= 4 is 34.2 Å². The molecule has 1 saturated heterocycles. The fraction of sp³-hybridized carbons (Fsp3) is 0.360. The van der Waals surface area contributed by atoms with Crippen molar-refractivity contribution in [1.82, 2.24) is 9.88 Å². The summed E-state index contributed by atoms with van der Waals surface area (Å²) in [7, 11) is 2.87. The maximum atomic E-state index is 13.0. The third-order valence-electron chi connectivity index (χ3n) is 6.32. The van der Waals surface area contributed by atoms with Gasteiger partial charge in [-0.05, 0) is 43.2 Å². The summed E-state index contributed by atoms with van der Waals surface area (Å²) in [4.78, 5) is 32.8. The molecule has 1 aromatic heterocycles. The predicted octanol–water partition coefficient (Wildman–Crippen LogP) is 3.34. The molecular weight excluding hydrogens is 420 g/mol. The highest BCUT2D eigenvalue weighted by atomic mass is 16.5. The van der Waals surface area contributed by atoms with Crippen molar-refractivity contribution < 1.29 is 19.1 Å². The van der Waals surface area contributed by atoms with Crippen molar-refractivity contribution in [2.24, 2.45) is 0 Å². The molecule has 4 rings (SSSR count). The molecule has 0 saturated carbocycles. The van der Waals surface area contributed by atoms with Gasteiger partial charge in [-0.2, -0.15) is 0 Å². The van der Waals surface area contributed by atoms with Crippen LogP contribution in [0.5, 0.6) is 5.75 Å². The number of hydrogen-bond acceptors (Lipinski definition) is 6. The van der Waals surface area contributed by atoms with E-state index in [1.807, 2.05) is 12.1 Å². The first-order chi connectivity index (χ1) is 15.9. The second-order valence-corrected chi connectivity index (χ2v) is 8.28. The highest BCUT2D eigenvalue weighted by molar-refractivity contribution is 6.13. The Hall–Kier alpha value is -3.52. The minimum Gasteiger partial charge on any atom is -0.496 e. The van der Waals surface area contributed by atoms with Gasteiger partial charge in [0, 0.05) is 31.9 Å². The number of carbonyl (C=O) groups excluding carboxylic acids is 2. The van der Waals surface area contributed by atoms with Crippen molar-refractivity contribution in [3.63, 3.8) is 0 Å². The van der Waals surface area contributed by atoms with Crippen LogP contribution in [0.4, 0.5) is 11.4 Å². The molecule has 1 aliphatic heterocycles. The van der Waals surface area contributed by atoms with Crippen LogP contribution in [0.15, 0.2) is 36.4 Å². The summed E-state index contributed by atoms with van der Waals surface area (Å²) >= 11 is 0. The van der Waals surface area contributed by atoms with Crippen LogP contribution in [0, 0.1) is 13.8 Å². The van der Waals surface area contributed by atoms with Crippen molar-refractivity contribution in [3.05, 3.63) is 53.2 Å². The fourth-order valence-corrected chi connectivity index (χ4v) is 4.37. The summed E-state index contributed by atoms with van der Waals surface area (Å²) in [5.41, 5.74) is 5.11. The zero-order chi connectivity index (χ0) is 23.5. The molecule has 0 unspecified atom stereocenters. The number of fused-ring (bicyclic) bond motifs is 1. The number of hydrogen-bond donors (Lipinski definition) is 2. The lowest BCUT2D eigenvalue weighted by atomic mass is 10.1. The Kier molecular flexibility index (Phi) is 6.55. The third-order valence-corrected chi connectivity index (χ3v) is 6.32. The lowest BCUT2D eigenvalue weighted by molar-refractivity contribution is -0.117. The molecule has 3 aromatic rings. The van der Waals surface area contributed by atoms with Crippen LogP contribution >= 0.6 is 0 Å². The van der Waals surface area contributed by atoms with Crippen LogP contribution in [0.25, 0.3) is 10.9 Å². The van der Waals surface area contributed by atoms with Gasteiger partial charge in [0.25, 0.3) is 0 Å². The van der Waals surface area contributed by atoms with Crippen LogP contribution in [0.3, 0.4) is 0 Å². The van der Waals surface area contributed by atoms with Gasteiger partial charge >= 0.3 is 5.97 Å². The van der Waals surface area contributed by atoms with Crippen LogP contribution in [0.2, 0.25) is 0 Å². The van der Waals surface area contributed by atoms with E-state index >= 15 is 0 Å². The number of ether oxygens (including phenoxy) is 2. The smallest absolute Gasteiger partial charge is 0.356 e. The Morgan fingerprint density at radius 1 is 1.03 bits per heavy atom. The first-order valence-corrected chi connectivity index (χ1v) is 11.0. The van der Waals surface area contributed by atoms with Crippen LogP contribution in [-0.2, 0) is 9.53 Å². The topological polar surface area (TPSA) is 86.9 Å². The summed E-state index contributed by atoms with van der Waals surface area (Å²) in [6.07, 6.45) is 0. The van der Waals surface area contributed by atoms with E-state index in [1.54, 1.807) is 13.2 Å². The summed E-state index contributed by atoms with van der Waals surface area (Å²) in [6, 6.07) is 11.8. The van der Waals surface area contributed by atoms with Crippen LogP contribution in [0.1, 0.15) is 21.6 Å². The number of anilines is 2. The third kappa shape index (κ3) is 4.52. The monoisotopic (exact) mass is 450 g/mol. The number of aromatic nitrogens is 1. The van der Waals surface area contributed by atoms with Gasteiger partial charge in [-0.25, -0.2) is 4.79 Å². The molecule has 0 bridgehead atoms. The number of H-pyrrole nitrogens is 1. The molecule has 8 heteroatoms. The van der Waals surface area contributed by atoms with E-state index in [0.717, 1.165) is 26.2 Å². The van der Waals surface area contributed by atoms with Crippen LogP contribution in [-0.4, -0.2) is 68.7 Å². The average molecular weight is 451 g/mol. The van der Waals surface area contributed by atoms with E-state index in [-0.39, 0.29) is 18.1 Å². The second kappa shape index (κ2) is 9.54. The molecule has 1 fully saturated rings. The number of aryl methyl sites for hydroxylation is 1. The molecule has 2 N–H and O–H groups in total. The molecular formula is C25H30N4O4. The Bertz CT molecular complexity index is 1180. The van der Waals surface area contributed by atoms with E-state index in [0.29, 0.717) is 22.3 Å². The lowest BCUT2D eigenvalue weighted by Gasteiger charge is -2.36. The van der Waals surface area contributed by atoms with Crippen molar-refractivity contribution in [3.8, 4) is 5.75 Å². The molecule has 33 heavy (non-hydrogen) atoms. The first kappa shape index (κ1) is 22.7. The maximum Gasteiger partial charge on any atom is 0.356 e. The fourth-order valence-electron chi connectivity index (χ4n) is 4.37. The Balaban J connectivity index is 1.46. The van der Waals surface area contributed by atoms with E-state index in [2.05, 4.69) is 52.1 Å². The van der Waals surface area contributed by atoms with Crippen molar-refractivity contribution in [1.29, 1.82) is 0 Å². The largest absolute Gasteiger partial charge is 0.496 e. The number of aromatic amines is 1. The van der Waals surface area contributed by atoms with Gasteiger partial charge in [0.2, 0.25) is 5.91 Å². The number of esters is 1. The van der Waals surface area contributed by atoms with Gasteiger partial charge in [0.15, 0.2) is 0 Å². The summed E-state index contributed by atoms with van der Waals surface area (Å²) in [6.45, 7) is 7.78. The highest BCUT2D eigenvalue weighted by Gasteiger charge is 2.25. The van der Waals surface area contributed by atoms with Crippen molar-refractivity contribution in [2.45, 2.75) is 13.8 Å². The number of carbonyl (C=O) groups is 2. The SMILES string of the molecule is COC(=O)c1[nH]c2cccc(OC)c2c1NC(=O)CN1CCN(c2cccc(C)c2C)CC1. The standard InChI is InChI=1S/C25H30N4O4/c1-16-7-5-9-19(17(16)2)29-13-11-28(12-14-29)15-21(30)27-23-22-18(8-6-10-20(22)32-3)26-24(23)25(31)33-4/h5-10,26H,11-15H2,1-4H3,(H,27,30). The first-order valence-electron chi connectivity index (χ1n) is 11.0. The van der Waals surface area contributed by atoms with E-state index in [4.69, 9.17) is 9.47 Å². The molecule has 174 valence electrons. The number of nitrogens with one attached hydrogen (secondary N) is 2. The molecule has 1 amide bonds. The van der Waals surface area contributed by atoms with E-state index < -0.39 is 5.97 Å². The number of methoxy groups -OCH3 is 2. The molecule has 0 atom stereocenters. The number of benzene rings is 2. The molecule has 1 aliphatic rings. The van der Waals surface area contributed by atoms with Gasteiger partial charge in [0.05, 0.1) is 37.4 Å². The lowest BCUT2D eigenvalue weighted by Crippen LogP contribution is -2.48. The Morgan fingerprint density at radius 2 is 1.76 bits per heavy atom. The van der Waals surface area contributed by atoms with Crippen LogP contribution < -0.4 is 15.0 Å². The zero-order valence-electron chi connectivity index (χ0n) is 19.5. The number of nitrogens with zero attached hydrogens (tertiary/aromatic N) is 2. The van der Waals surface area contributed by atoms with E-state index in [9.17, 15) is 9.59 Å². The van der Waals surface area contributed by atoms with Crippen molar-refractivity contribution in [2.75, 3.05) is 57.2 Å². The highest BCUT2D eigenvalue weighted by Crippen LogP contribution is 2.35. The van der Waals surface area contributed by atoms with Gasteiger partial charge in [-0.1, -0.05) is 18.2 Å². The quantitative estimate of drug-likeness (QED) is 0.560. The molecule has 0 radical (unpaired) electrons. The predicted molar refractivity (Wildman–Crippen MR) is 129 cm³/mol. The molecule has 0 aliphatic carbocycles. The average Bonchev–Trinajstić information content (AvgIpc) is 3.19. The van der Waals surface area contributed by atoms with Gasteiger partial charge in [-0.15, -0.1) is 0 Å². The summed E-state index contributed by atoms with van der Waals surface area (Å²) in [5.74, 6) is -0.172. The number of amides is 1.